The van der Waals surface area contributed by atoms with Crippen LogP contribution in [-0.4, -0.2) is 17.1 Å². The highest BCUT2D eigenvalue weighted by molar-refractivity contribution is 5.32. The van der Waals surface area contributed by atoms with E-state index < -0.39 is 0 Å². The van der Waals surface area contributed by atoms with Crippen molar-refractivity contribution in [2.75, 3.05) is 12.4 Å². The Morgan fingerprint density at radius 2 is 2.40 bits per heavy atom. The van der Waals surface area contributed by atoms with E-state index >= 15 is 0 Å². The van der Waals surface area contributed by atoms with Crippen molar-refractivity contribution in [2.24, 2.45) is 0 Å². The van der Waals surface area contributed by atoms with Crippen molar-refractivity contribution in [3.8, 4) is 5.75 Å². The SMILES string of the molecule is COc1cccc(CNc2ncc[nH]2)c1. The minimum Gasteiger partial charge on any atom is -0.497 e. The molecule has 0 unspecified atom stereocenters. The molecule has 0 aliphatic rings. The zero-order valence-corrected chi connectivity index (χ0v) is 8.53. The number of methoxy groups -OCH3 is 1. The number of aromatic amines is 1. The molecule has 0 atom stereocenters. The molecule has 2 rings (SSSR count). The second-order valence-corrected chi connectivity index (χ2v) is 3.14. The smallest absolute Gasteiger partial charge is 0.200 e. The Morgan fingerprint density at radius 3 is 3.13 bits per heavy atom. The van der Waals surface area contributed by atoms with Gasteiger partial charge in [-0.3, -0.25) is 0 Å². The lowest BCUT2D eigenvalue weighted by molar-refractivity contribution is 0.414. The van der Waals surface area contributed by atoms with Gasteiger partial charge in [0.25, 0.3) is 0 Å². The van der Waals surface area contributed by atoms with Crippen LogP contribution in [0.2, 0.25) is 0 Å². The molecule has 15 heavy (non-hydrogen) atoms. The van der Waals surface area contributed by atoms with Crippen LogP contribution in [0.5, 0.6) is 5.75 Å². The number of ether oxygens (including phenoxy) is 1. The Bertz CT molecular complexity index is 412. The zero-order chi connectivity index (χ0) is 10.5. The molecule has 0 amide bonds. The maximum absolute atomic E-state index is 5.14. The predicted molar refractivity (Wildman–Crippen MR) is 58.9 cm³/mol. The summed E-state index contributed by atoms with van der Waals surface area (Å²) in [6.07, 6.45) is 3.50. The van der Waals surface area contributed by atoms with Crippen LogP contribution in [0.25, 0.3) is 0 Å². The standard InChI is InChI=1S/C11H13N3O/c1-15-10-4-2-3-9(7-10)8-14-11-12-5-6-13-11/h2-7H,8H2,1H3,(H2,12,13,14). The molecule has 0 bridgehead atoms. The van der Waals surface area contributed by atoms with E-state index in [2.05, 4.69) is 15.3 Å². The Hall–Kier alpha value is -1.97. The van der Waals surface area contributed by atoms with E-state index in [1.807, 2.05) is 24.3 Å². The van der Waals surface area contributed by atoms with Gasteiger partial charge in [-0.2, -0.15) is 0 Å². The van der Waals surface area contributed by atoms with Gasteiger partial charge >= 0.3 is 0 Å². The molecular weight excluding hydrogens is 190 g/mol. The maximum atomic E-state index is 5.14. The largest absolute Gasteiger partial charge is 0.497 e. The number of anilines is 1. The fourth-order valence-corrected chi connectivity index (χ4v) is 1.33. The molecule has 2 aromatic rings. The van der Waals surface area contributed by atoms with E-state index in [4.69, 9.17) is 4.74 Å². The molecule has 4 heteroatoms. The van der Waals surface area contributed by atoms with E-state index in [0.29, 0.717) is 0 Å². The molecule has 0 fully saturated rings. The van der Waals surface area contributed by atoms with Gasteiger partial charge in [-0.1, -0.05) is 12.1 Å². The fourth-order valence-electron chi connectivity index (χ4n) is 1.33. The zero-order valence-electron chi connectivity index (χ0n) is 8.53. The molecule has 0 aliphatic heterocycles. The number of imidazole rings is 1. The first-order valence-electron chi connectivity index (χ1n) is 4.74. The number of benzene rings is 1. The predicted octanol–water partition coefficient (Wildman–Crippen LogP) is 2.03. The van der Waals surface area contributed by atoms with Crippen LogP contribution in [0.3, 0.4) is 0 Å². The number of hydrogen-bond acceptors (Lipinski definition) is 3. The molecule has 0 saturated carbocycles. The first kappa shape index (κ1) is 9.58. The third-order valence-electron chi connectivity index (χ3n) is 2.09. The van der Waals surface area contributed by atoms with Crippen molar-refractivity contribution in [3.05, 3.63) is 42.2 Å². The highest BCUT2D eigenvalue weighted by Crippen LogP contribution is 2.13. The van der Waals surface area contributed by atoms with E-state index in [9.17, 15) is 0 Å². The summed E-state index contributed by atoms with van der Waals surface area (Å²) in [4.78, 5) is 7.06. The lowest BCUT2D eigenvalue weighted by Crippen LogP contribution is -2.00. The van der Waals surface area contributed by atoms with Crippen molar-refractivity contribution < 1.29 is 4.74 Å². The molecule has 0 spiro atoms. The Balaban J connectivity index is 1.98. The molecule has 1 heterocycles. The average molecular weight is 203 g/mol. The van der Waals surface area contributed by atoms with Gasteiger partial charge in [-0.25, -0.2) is 4.98 Å². The van der Waals surface area contributed by atoms with Crippen LogP contribution < -0.4 is 10.1 Å². The average Bonchev–Trinajstić information content (AvgIpc) is 2.79. The van der Waals surface area contributed by atoms with E-state index in [1.165, 1.54) is 0 Å². The number of nitrogens with zero attached hydrogens (tertiary/aromatic N) is 1. The van der Waals surface area contributed by atoms with Crippen LogP contribution >= 0.6 is 0 Å². The minimum atomic E-state index is 0.727. The Labute approximate surface area is 88.3 Å². The summed E-state index contributed by atoms with van der Waals surface area (Å²) in [5.74, 6) is 1.64. The monoisotopic (exact) mass is 203 g/mol. The van der Waals surface area contributed by atoms with Gasteiger partial charge < -0.3 is 15.0 Å². The van der Waals surface area contributed by atoms with Gasteiger partial charge in [-0.05, 0) is 17.7 Å². The first-order valence-corrected chi connectivity index (χ1v) is 4.74. The van der Waals surface area contributed by atoms with Crippen LogP contribution in [0.1, 0.15) is 5.56 Å². The maximum Gasteiger partial charge on any atom is 0.200 e. The molecule has 2 N–H and O–H groups in total. The summed E-state index contributed by atoms with van der Waals surface area (Å²) in [5.41, 5.74) is 1.16. The number of rotatable bonds is 4. The molecular formula is C11H13N3O. The summed E-state index contributed by atoms with van der Waals surface area (Å²) in [6, 6.07) is 7.93. The molecule has 0 saturated heterocycles. The third kappa shape index (κ3) is 2.49. The molecule has 0 aliphatic carbocycles. The summed E-state index contributed by atoms with van der Waals surface area (Å²) in [6.45, 7) is 0.727. The van der Waals surface area contributed by atoms with Gasteiger partial charge in [0.15, 0.2) is 5.95 Å². The summed E-state index contributed by atoms with van der Waals surface area (Å²) in [5, 5.41) is 3.17. The van der Waals surface area contributed by atoms with Crippen LogP contribution in [0.15, 0.2) is 36.7 Å². The molecule has 78 valence electrons. The van der Waals surface area contributed by atoms with Gasteiger partial charge in [0.1, 0.15) is 5.75 Å². The number of aromatic nitrogens is 2. The number of nitrogens with one attached hydrogen (secondary N) is 2. The minimum absolute atomic E-state index is 0.727. The van der Waals surface area contributed by atoms with Gasteiger partial charge in [0.2, 0.25) is 0 Å². The van der Waals surface area contributed by atoms with Crippen molar-refractivity contribution in [1.29, 1.82) is 0 Å². The van der Waals surface area contributed by atoms with Crippen LogP contribution in [0.4, 0.5) is 5.95 Å². The number of H-pyrrole nitrogens is 1. The molecule has 1 aromatic carbocycles. The van der Waals surface area contributed by atoms with Gasteiger partial charge in [0, 0.05) is 18.9 Å². The highest BCUT2D eigenvalue weighted by atomic mass is 16.5. The van der Waals surface area contributed by atoms with Crippen molar-refractivity contribution >= 4 is 5.95 Å². The lowest BCUT2D eigenvalue weighted by Gasteiger charge is -2.05. The van der Waals surface area contributed by atoms with Gasteiger partial charge in [0.05, 0.1) is 7.11 Å². The lowest BCUT2D eigenvalue weighted by atomic mass is 10.2. The Morgan fingerprint density at radius 1 is 1.47 bits per heavy atom. The van der Waals surface area contributed by atoms with Crippen molar-refractivity contribution in [3.63, 3.8) is 0 Å². The fraction of sp³-hybridized carbons (Fsp3) is 0.182. The summed E-state index contributed by atoms with van der Waals surface area (Å²) >= 11 is 0. The third-order valence-corrected chi connectivity index (χ3v) is 2.09. The van der Waals surface area contributed by atoms with Crippen LogP contribution in [-0.2, 0) is 6.54 Å². The molecule has 4 nitrogen and oxygen atoms in total. The summed E-state index contributed by atoms with van der Waals surface area (Å²) in [7, 11) is 1.67. The second kappa shape index (κ2) is 4.50. The quantitative estimate of drug-likeness (QED) is 0.799. The summed E-state index contributed by atoms with van der Waals surface area (Å²) < 4.78 is 5.14. The van der Waals surface area contributed by atoms with E-state index in [1.54, 1.807) is 19.5 Å². The first-order chi connectivity index (χ1) is 7.38. The normalized spacial score (nSPS) is 9.93. The van der Waals surface area contributed by atoms with E-state index in [-0.39, 0.29) is 0 Å². The van der Waals surface area contributed by atoms with E-state index in [0.717, 1.165) is 23.8 Å². The second-order valence-electron chi connectivity index (χ2n) is 3.14. The van der Waals surface area contributed by atoms with Crippen LogP contribution in [0, 0.1) is 0 Å². The van der Waals surface area contributed by atoms with Crippen molar-refractivity contribution in [2.45, 2.75) is 6.54 Å². The number of hydrogen-bond donors (Lipinski definition) is 2. The van der Waals surface area contributed by atoms with Crippen molar-refractivity contribution in [1.82, 2.24) is 9.97 Å². The Kier molecular flexibility index (Phi) is 2.88. The van der Waals surface area contributed by atoms with Gasteiger partial charge in [-0.15, -0.1) is 0 Å². The molecule has 1 aromatic heterocycles. The highest BCUT2D eigenvalue weighted by Gasteiger charge is 1.96. The molecule has 0 radical (unpaired) electrons. The topological polar surface area (TPSA) is 49.9 Å².